The van der Waals surface area contributed by atoms with E-state index in [2.05, 4.69) is 16.6 Å². The van der Waals surface area contributed by atoms with E-state index in [1.54, 1.807) is 18.2 Å². The molecule has 0 atom stereocenters. The van der Waals surface area contributed by atoms with Crippen LogP contribution in [-0.4, -0.2) is 20.1 Å². The zero-order chi connectivity index (χ0) is 21.6. The van der Waals surface area contributed by atoms with E-state index >= 15 is 0 Å². The first-order chi connectivity index (χ1) is 14.4. The van der Waals surface area contributed by atoms with Crippen molar-refractivity contribution in [3.05, 3.63) is 96.8 Å². The van der Waals surface area contributed by atoms with Gasteiger partial charge in [0.15, 0.2) is 0 Å². The van der Waals surface area contributed by atoms with Crippen LogP contribution in [0.4, 0.5) is 15.8 Å². The summed E-state index contributed by atoms with van der Waals surface area (Å²) in [5.74, 6) is -0.0672. The van der Waals surface area contributed by atoms with Crippen LogP contribution < -0.4 is 10.0 Å². The molecule has 0 heterocycles. The Kier molecular flexibility index (Phi) is 6.91. The molecule has 0 saturated heterocycles. The standard InChI is InChI=1S/C22H19FN2O3S2/c1-2-15-29-21-6-4-3-5-20(21)22(26)24-17-11-13-19(14-12-17)30(27,28)25-18-9-7-16(23)8-10-18/h2-14,25H,1,15H2,(H,24,26). The molecule has 30 heavy (non-hydrogen) atoms. The first-order valence-electron chi connectivity index (χ1n) is 8.91. The van der Waals surface area contributed by atoms with Crippen molar-refractivity contribution >= 4 is 39.1 Å². The Hall–Kier alpha value is -3.10. The monoisotopic (exact) mass is 442 g/mol. The van der Waals surface area contributed by atoms with Gasteiger partial charge in [-0.05, 0) is 60.7 Å². The largest absolute Gasteiger partial charge is 0.322 e. The SMILES string of the molecule is C=CCSc1ccccc1C(=O)Nc1ccc(S(=O)(=O)Nc2ccc(F)cc2)cc1. The van der Waals surface area contributed by atoms with Crippen LogP contribution in [-0.2, 0) is 10.0 Å². The summed E-state index contributed by atoms with van der Waals surface area (Å²) in [7, 11) is -3.84. The lowest BCUT2D eigenvalue weighted by atomic mass is 10.2. The van der Waals surface area contributed by atoms with Crippen molar-refractivity contribution in [2.75, 3.05) is 15.8 Å². The molecule has 8 heteroatoms. The van der Waals surface area contributed by atoms with Crippen LogP contribution in [0.3, 0.4) is 0 Å². The number of halogens is 1. The number of hydrogen-bond donors (Lipinski definition) is 2. The van der Waals surface area contributed by atoms with Gasteiger partial charge in [0.1, 0.15) is 5.82 Å². The van der Waals surface area contributed by atoms with Gasteiger partial charge in [0.05, 0.1) is 10.5 Å². The van der Waals surface area contributed by atoms with Crippen molar-refractivity contribution in [2.24, 2.45) is 0 Å². The van der Waals surface area contributed by atoms with Crippen LogP contribution in [0.1, 0.15) is 10.4 Å². The van der Waals surface area contributed by atoms with E-state index in [0.29, 0.717) is 17.0 Å². The Balaban J connectivity index is 1.72. The molecular formula is C22H19FN2O3S2. The molecule has 0 unspecified atom stereocenters. The van der Waals surface area contributed by atoms with E-state index in [9.17, 15) is 17.6 Å². The van der Waals surface area contributed by atoms with Gasteiger partial charge in [-0.1, -0.05) is 18.2 Å². The van der Waals surface area contributed by atoms with Crippen LogP contribution in [0.2, 0.25) is 0 Å². The first-order valence-corrected chi connectivity index (χ1v) is 11.4. The second kappa shape index (κ2) is 9.60. The molecule has 0 saturated carbocycles. The summed E-state index contributed by atoms with van der Waals surface area (Å²) in [5, 5.41) is 2.77. The van der Waals surface area contributed by atoms with Gasteiger partial charge >= 0.3 is 0 Å². The molecule has 0 fully saturated rings. The van der Waals surface area contributed by atoms with Gasteiger partial charge in [0, 0.05) is 22.0 Å². The fourth-order valence-corrected chi connectivity index (χ4v) is 4.42. The summed E-state index contributed by atoms with van der Waals surface area (Å²) < 4.78 is 40.3. The molecule has 0 aliphatic rings. The van der Waals surface area contributed by atoms with Crippen molar-refractivity contribution in [2.45, 2.75) is 9.79 Å². The third-order valence-corrected chi connectivity index (χ3v) is 6.47. The van der Waals surface area contributed by atoms with Gasteiger partial charge < -0.3 is 5.32 Å². The molecule has 3 aromatic carbocycles. The summed E-state index contributed by atoms with van der Waals surface area (Å²) in [6.45, 7) is 3.68. The van der Waals surface area contributed by atoms with E-state index in [1.165, 1.54) is 60.3 Å². The number of rotatable bonds is 8. The average molecular weight is 443 g/mol. The fourth-order valence-electron chi connectivity index (χ4n) is 2.58. The van der Waals surface area contributed by atoms with E-state index in [1.807, 2.05) is 12.1 Å². The normalized spacial score (nSPS) is 11.0. The number of sulfonamides is 1. The van der Waals surface area contributed by atoms with Crippen molar-refractivity contribution in [3.8, 4) is 0 Å². The fraction of sp³-hybridized carbons (Fsp3) is 0.0455. The van der Waals surface area contributed by atoms with Crippen molar-refractivity contribution < 1.29 is 17.6 Å². The van der Waals surface area contributed by atoms with Crippen LogP contribution >= 0.6 is 11.8 Å². The highest BCUT2D eigenvalue weighted by Crippen LogP contribution is 2.24. The molecule has 3 rings (SSSR count). The third kappa shape index (κ3) is 5.49. The molecule has 2 N–H and O–H groups in total. The quantitative estimate of drug-likeness (QED) is 0.373. The van der Waals surface area contributed by atoms with Gasteiger partial charge in [-0.25, -0.2) is 12.8 Å². The van der Waals surface area contributed by atoms with Gasteiger partial charge in [-0.2, -0.15) is 0 Å². The molecule has 0 bridgehead atoms. The molecule has 5 nitrogen and oxygen atoms in total. The summed E-state index contributed by atoms with van der Waals surface area (Å²) in [5.41, 5.74) is 1.24. The third-order valence-electron chi connectivity index (χ3n) is 4.01. The average Bonchev–Trinajstić information content (AvgIpc) is 2.74. The van der Waals surface area contributed by atoms with Crippen LogP contribution in [0.5, 0.6) is 0 Å². The molecular weight excluding hydrogens is 423 g/mol. The van der Waals surface area contributed by atoms with Gasteiger partial charge in [-0.15, -0.1) is 18.3 Å². The zero-order valence-corrected chi connectivity index (χ0v) is 17.5. The Morgan fingerprint density at radius 2 is 1.60 bits per heavy atom. The second-order valence-electron chi connectivity index (χ2n) is 6.19. The smallest absolute Gasteiger partial charge is 0.261 e. The number of hydrogen-bond acceptors (Lipinski definition) is 4. The first kappa shape index (κ1) is 21.6. The van der Waals surface area contributed by atoms with Crippen LogP contribution in [0.25, 0.3) is 0 Å². The van der Waals surface area contributed by atoms with E-state index in [-0.39, 0.29) is 16.5 Å². The maximum Gasteiger partial charge on any atom is 0.261 e. The lowest BCUT2D eigenvalue weighted by Crippen LogP contribution is -2.14. The van der Waals surface area contributed by atoms with Crippen LogP contribution in [0, 0.1) is 5.82 Å². The van der Waals surface area contributed by atoms with Gasteiger partial charge in [0.2, 0.25) is 0 Å². The lowest BCUT2D eigenvalue weighted by molar-refractivity contribution is 0.102. The molecule has 0 radical (unpaired) electrons. The van der Waals surface area contributed by atoms with E-state index in [4.69, 9.17) is 0 Å². The van der Waals surface area contributed by atoms with Gasteiger partial charge in [-0.3, -0.25) is 9.52 Å². The maximum atomic E-state index is 13.0. The summed E-state index contributed by atoms with van der Waals surface area (Å²) in [6.07, 6.45) is 1.76. The van der Waals surface area contributed by atoms with Crippen molar-refractivity contribution in [1.29, 1.82) is 0 Å². The Morgan fingerprint density at radius 3 is 2.27 bits per heavy atom. The number of carbonyl (C=O) groups excluding carboxylic acids is 1. The molecule has 0 aliphatic heterocycles. The number of thioether (sulfide) groups is 1. The van der Waals surface area contributed by atoms with Crippen molar-refractivity contribution in [3.63, 3.8) is 0 Å². The minimum atomic E-state index is -3.84. The maximum absolute atomic E-state index is 13.0. The Morgan fingerprint density at radius 1 is 0.967 bits per heavy atom. The topological polar surface area (TPSA) is 75.3 Å². The highest BCUT2D eigenvalue weighted by molar-refractivity contribution is 7.99. The number of amides is 1. The molecule has 154 valence electrons. The molecule has 3 aromatic rings. The predicted molar refractivity (Wildman–Crippen MR) is 119 cm³/mol. The number of benzene rings is 3. The molecule has 0 spiro atoms. The summed E-state index contributed by atoms with van der Waals surface area (Å²) >= 11 is 1.50. The Labute approximate surface area is 179 Å². The second-order valence-corrected chi connectivity index (χ2v) is 8.93. The van der Waals surface area contributed by atoms with E-state index < -0.39 is 15.8 Å². The number of nitrogens with one attached hydrogen (secondary N) is 2. The summed E-state index contributed by atoms with van der Waals surface area (Å²) in [6, 6.07) is 18.0. The highest BCUT2D eigenvalue weighted by atomic mass is 32.2. The predicted octanol–water partition coefficient (Wildman–Crippen LogP) is 5.16. The van der Waals surface area contributed by atoms with Crippen LogP contribution in [0.15, 0.2) is 95.2 Å². The molecule has 1 amide bonds. The minimum absolute atomic E-state index is 0.0202. The number of carbonyl (C=O) groups is 1. The van der Waals surface area contributed by atoms with Gasteiger partial charge in [0.25, 0.3) is 15.9 Å². The number of anilines is 2. The lowest BCUT2D eigenvalue weighted by Gasteiger charge is -2.11. The Bertz CT molecular complexity index is 1150. The zero-order valence-electron chi connectivity index (χ0n) is 15.8. The van der Waals surface area contributed by atoms with E-state index in [0.717, 1.165) is 4.90 Å². The molecule has 0 aliphatic carbocycles. The highest BCUT2D eigenvalue weighted by Gasteiger charge is 2.15. The molecule has 0 aromatic heterocycles. The minimum Gasteiger partial charge on any atom is -0.322 e. The summed E-state index contributed by atoms with van der Waals surface area (Å²) in [4.78, 5) is 13.5. The van der Waals surface area contributed by atoms with Crippen molar-refractivity contribution in [1.82, 2.24) is 0 Å².